The fourth-order valence-electron chi connectivity index (χ4n) is 3.59. The lowest BCUT2D eigenvalue weighted by Crippen LogP contribution is -2.37. The number of aromatic nitrogens is 3. The first-order valence-electron chi connectivity index (χ1n) is 9.59. The Morgan fingerprint density at radius 1 is 1.14 bits per heavy atom. The van der Waals surface area contributed by atoms with E-state index in [0.717, 1.165) is 61.3 Å². The summed E-state index contributed by atoms with van der Waals surface area (Å²) in [5, 5.41) is 4.85. The predicted octanol–water partition coefficient (Wildman–Crippen LogP) is 3.16. The number of rotatable bonds is 6. The van der Waals surface area contributed by atoms with E-state index in [9.17, 15) is 0 Å². The van der Waals surface area contributed by atoms with E-state index in [4.69, 9.17) is 14.8 Å². The van der Waals surface area contributed by atoms with Gasteiger partial charge >= 0.3 is 0 Å². The predicted molar refractivity (Wildman–Crippen MR) is 116 cm³/mol. The normalized spacial score (nSPS) is 14.9. The molecule has 4 rings (SSSR count). The summed E-state index contributed by atoms with van der Waals surface area (Å²) in [6, 6.07) is 10.8. The Morgan fingerprint density at radius 3 is 2.71 bits per heavy atom. The van der Waals surface area contributed by atoms with Crippen molar-refractivity contribution < 1.29 is 4.74 Å². The monoisotopic (exact) mass is 397 g/mol. The average Bonchev–Trinajstić information content (AvgIpc) is 3.10. The van der Waals surface area contributed by atoms with Crippen molar-refractivity contribution in [2.45, 2.75) is 12.3 Å². The van der Waals surface area contributed by atoms with Crippen LogP contribution in [0.25, 0.3) is 16.9 Å². The van der Waals surface area contributed by atoms with Gasteiger partial charge in [-0.05, 0) is 43.6 Å². The van der Waals surface area contributed by atoms with Crippen molar-refractivity contribution in [3.8, 4) is 11.4 Å². The Morgan fingerprint density at radius 2 is 1.96 bits per heavy atom. The minimum atomic E-state index is 0.736. The maximum absolute atomic E-state index is 5.55. The number of hydrogen-bond acceptors (Lipinski definition) is 6. The van der Waals surface area contributed by atoms with Gasteiger partial charge in [0.05, 0.1) is 13.2 Å². The van der Waals surface area contributed by atoms with Gasteiger partial charge in [0, 0.05) is 37.1 Å². The van der Waals surface area contributed by atoms with E-state index in [0.29, 0.717) is 0 Å². The van der Waals surface area contributed by atoms with Crippen LogP contribution in [-0.2, 0) is 17.0 Å². The van der Waals surface area contributed by atoms with Gasteiger partial charge in [0.2, 0.25) is 0 Å². The van der Waals surface area contributed by atoms with Crippen LogP contribution in [0.1, 0.15) is 11.1 Å². The lowest BCUT2D eigenvalue weighted by Gasteiger charge is -2.28. The van der Waals surface area contributed by atoms with Gasteiger partial charge in [-0.2, -0.15) is 11.8 Å². The zero-order valence-corrected chi connectivity index (χ0v) is 17.6. The van der Waals surface area contributed by atoms with Crippen LogP contribution in [0.5, 0.6) is 0 Å². The summed E-state index contributed by atoms with van der Waals surface area (Å²) in [6.45, 7) is 4.06. The number of thioether (sulfide) groups is 1. The highest BCUT2D eigenvalue weighted by Crippen LogP contribution is 2.27. The first kappa shape index (κ1) is 19.2. The van der Waals surface area contributed by atoms with Crippen LogP contribution in [0.4, 0.5) is 5.82 Å². The highest BCUT2D eigenvalue weighted by molar-refractivity contribution is 7.97. The van der Waals surface area contributed by atoms with Crippen molar-refractivity contribution in [3.63, 3.8) is 0 Å². The summed E-state index contributed by atoms with van der Waals surface area (Å²) in [6.07, 6.45) is 4.24. The topological polar surface area (TPSA) is 45.9 Å². The average molecular weight is 398 g/mol. The highest BCUT2D eigenvalue weighted by atomic mass is 32.2. The quantitative estimate of drug-likeness (QED) is 0.637. The van der Waals surface area contributed by atoms with Gasteiger partial charge in [0.25, 0.3) is 0 Å². The number of hydrogen-bond donors (Lipinski definition) is 0. The van der Waals surface area contributed by atoms with E-state index in [1.54, 1.807) is 0 Å². The van der Waals surface area contributed by atoms with E-state index >= 15 is 0 Å². The Balaban J connectivity index is 1.81. The summed E-state index contributed by atoms with van der Waals surface area (Å²) in [7, 11) is 4.17. The second-order valence-electron chi connectivity index (χ2n) is 7.41. The number of nitrogens with zero attached hydrogens (tertiary/aromatic N) is 5. The molecule has 0 aliphatic carbocycles. The molecule has 0 spiro atoms. The third kappa shape index (κ3) is 4.16. The molecule has 7 heteroatoms. The van der Waals surface area contributed by atoms with E-state index in [1.165, 1.54) is 11.1 Å². The van der Waals surface area contributed by atoms with Gasteiger partial charge in [-0.1, -0.05) is 18.2 Å². The lowest BCUT2D eigenvalue weighted by molar-refractivity contribution is 0.122. The third-order valence-corrected chi connectivity index (χ3v) is 5.43. The molecule has 0 amide bonds. The van der Waals surface area contributed by atoms with Crippen LogP contribution >= 0.6 is 11.8 Å². The van der Waals surface area contributed by atoms with Crippen LogP contribution in [0, 0.1) is 0 Å². The molecular formula is C21H27N5OS. The molecule has 28 heavy (non-hydrogen) atoms. The van der Waals surface area contributed by atoms with Crippen molar-refractivity contribution in [2.24, 2.45) is 0 Å². The smallest absolute Gasteiger partial charge is 0.182 e. The standard InChI is InChI=1S/C21H27N5OS/c1-24(2)13-17-12-19-21(25-7-9-27-10-8-25)22-20(23-26(19)14-17)18-6-4-5-16(11-18)15-28-3/h4-6,11-12,14H,7-10,13,15H2,1-3H3. The molecule has 0 saturated carbocycles. The molecule has 1 aliphatic rings. The fraction of sp³-hybridized carbons (Fsp3) is 0.429. The van der Waals surface area contributed by atoms with Crippen molar-refractivity contribution in [1.29, 1.82) is 0 Å². The van der Waals surface area contributed by atoms with Gasteiger partial charge in [-0.25, -0.2) is 9.50 Å². The van der Waals surface area contributed by atoms with Crippen molar-refractivity contribution in [1.82, 2.24) is 19.5 Å². The van der Waals surface area contributed by atoms with Gasteiger partial charge in [-0.3, -0.25) is 0 Å². The van der Waals surface area contributed by atoms with E-state index in [-0.39, 0.29) is 0 Å². The number of anilines is 1. The summed E-state index contributed by atoms with van der Waals surface area (Å²) < 4.78 is 7.54. The fourth-order valence-corrected chi connectivity index (χ4v) is 4.10. The van der Waals surface area contributed by atoms with E-state index < -0.39 is 0 Å². The molecule has 1 aliphatic heterocycles. The largest absolute Gasteiger partial charge is 0.378 e. The molecule has 2 aromatic heterocycles. The minimum absolute atomic E-state index is 0.736. The van der Waals surface area contributed by atoms with Crippen molar-refractivity contribution >= 4 is 23.1 Å². The van der Waals surface area contributed by atoms with Crippen molar-refractivity contribution in [2.75, 3.05) is 51.6 Å². The second kappa shape index (κ2) is 8.51. The maximum Gasteiger partial charge on any atom is 0.182 e. The SMILES string of the molecule is CSCc1cccc(-c2nc(N3CCOCC3)c3cc(CN(C)C)cn3n2)c1. The van der Waals surface area contributed by atoms with Crippen LogP contribution in [0.15, 0.2) is 36.5 Å². The Hall–Kier alpha value is -2.09. The number of fused-ring (bicyclic) bond motifs is 1. The van der Waals surface area contributed by atoms with Crippen LogP contribution < -0.4 is 4.90 Å². The molecule has 1 fully saturated rings. The van der Waals surface area contributed by atoms with Gasteiger partial charge in [0.1, 0.15) is 5.52 Å². The van der Waals surface area contributed by atoms with E-state index in [2.05, 4.69) is 66.7 Å². The van der Waals surface area contributed by atoms with Gasteiger partial charge in [-0.15, -0.1) is 5.10 Å². The van der Waals surface area contributed by atoms with Crippen LogP contribution in [0.2, 0.25) is 0 Å². The molecule has 3 aromatic rings. The summed E-state index contributed by atoms with van der Waals surface area (Å²) >= 11 is 1.82. The molecule has 0 unspecified atom stereocenters. The van der Waals surface area contributed by atoms with E-state index in [1.807, 2.05) is 16.3 Å². The van der Waals surface area contributed by atoms with Gasteiger partial charge in [0.15, 0.2) is 11.6 Å². The minimum Gasteiger partial charge on any atom is -0.378 e. The zero-order chi connectivity index (χ0) is 19.5. The van der Waals surface area contributed by atoms with Crippen molar-refractivity contribution in [3.05, 3.63) is 47.7 Å². The third-order valence-electron chi connectivity index (χ3n) is 4.81. The lowest BCUT2D eigenvalue weighted by atomic mass is 10.1. The summed E-state index contributed by atoms with van der Waals surface area (Å²) in [4.78, 5) is 9.49. The number of ether oxygens (including phenoxy) is 1. The summed E-state index contributed by atoms with van der Waals surface area (Å²) in [5.41, 5.74) is 4.65. The molecule has 3 heterocycles. The molecule has 6 nitrogen and oxygen atoms in total. The first-order valence-corrected chi connectivity index (χ1v) is 11.0. The molecule has 0 radical (unpaired) electrons. The molecule has 0 N–H and O–H groups in total. The second-order valence-corrected chi connectivity index (χ2v) is 8.27. The molecule has 0 atom stereocenters. The summed E-state index contributed by atoms with van der Waals surface area (Å²) in [5.74, 6) is 2.75. The maximum atomic E-state index is 5.55. The van der Waals surface area contributed by atoms with Crippen LogP contribution in [0.3, 0.4) is 0 Å². The molecule has 1 saturated heterocycles. The van der Waals surface area contributed by atoms with Gasteiger partial charge < -0.3 is 14.5 Å². The molecule has 0 bridgehead atoms. The number of morpholine rings is 1. The molecular weight excluding hydrogens is 370 g/mol. The zero-order valence-electron chi connectivity index (χ0n) is 16.8. The molecule has 1 aromatic carbocycles. The number of benzene rings is 1. The first-order chi connectivity index (χ1) is 13.6. The highest BCUT2D eigenvalue weighted by Gasteiger charge is 2.19. The Kier molecular flexibility index (Phi) is 5.85. The van der Waals surface area contributed by atoms with Crippen LogP contribution in [-0.4, -0.2) is 66.2 Å². The molecule has 148 valence electrons. The Bertz CT molecular complexity index is 949. The Labute approximate surface area is 170 Å².